The molecule has 0 spiro atoms. The van der Waals surface area contributed by atoms with Crippen LogP contribution in [-0.4, -0.2) is 4.57 Å². The van der Waals surface area contributed by atoms with E-state index in [2.05, 4.69) is 171 Å². The molecule has 0 aliphatic heterocycles. The second kappa shape index (κ2) is 10.2. The van der Waals surface area contributed by atoms with Gasteiger partial charge in [-0.2, -0.15) is 0 Å². The van der Waals surface area contributed by atoms with E-state index < -0.39 is 0 Å². The van der Waals surface area contributed by atoms with Gasteiger partial charge in [0.2, 0.25) is 0 Å². The molecule has 0 atom stereocenters. The van der Waals surface area contributed by atoms with Crippen LogP contribution in [0.25, 0.3) is 70.7 Å². The fourth-order valence-corrected chi connectivity index (χ4v) is 8.83. The number of nitrogens with zero attached hydrogens (tertiary/aromatic N) is 1. The Morgan fingerprint density at radius 3 is 2.22 bits per heavy atom. The predicted octanol–water partition coefficient (Wildman–Crippen LogP) is 12.5. The van der Waals surface area contributed by atoms with Crippen molar-refractivity contribution in [2.45, 2.75) is 26.2 Å². The van der Waals surface area contributed by atoms with Gasteiger partial charge in [-0.05, 0) is 88.4 Å². The third-order valence-electron chi connectivity index (χ3n) is 9.99. The van der Waals surface area contributed by atoms with Crippen molar-refractivity contribution in [3.8, 4) is 27.9 Å². The van der Waals surface area contributed by atoms with E-state index in [0.29, 0.717) is 0 Å². The summed E-state index contributed by atoms with van der Waals surface area (Å²) in [5.41, 5.74) is 14.2. The van der Waals surface area contributed by atoms with E-state index in [4.69, 9.17) is 0 Å². The Bertz CT molecular complexity index is 2490. The number of hydrogen-bond donors (Lipinski definition) is 0. The first kappa shape index (κ1) is 27.2. The second-order valence-corrected chi connectivity index (χ2v) is 14.1. The third-order valence-corrected chi connectivity index (χ3v) is 11.2. The summed E-state index contributed by atoms with van der Waals surface area (Å²) in [5.74, 6) is 0. The molecule has 1 nitrogen and oxygen atoms in total. The minimum atomic E-state index is -0.0396. The number of rotatable bonds is 4. The van der Waals surface area contributed by atoms with Crippen LogP contribution in [0.15, 0.2) is 140 Å². The highest BCUT2D eigenvalue weighted by atomic mass is 32.1. The largest absolute Gasteiger partial charge is 0.316 e. The zero-order valence-corrected chi connectivity index (χ0v) is 27.0. The molecule has 1 aliphatic carbocycles. The number of aromatic nitrogens is 1. The maximum Gasteiger partial charge on any atom is 0.0535 e. The van der Waals surface area contributed by atoms with Gasteiger partial charge in [0, 0.05) is 54.0 Å². The molecule has 2 heterocycles. The van der Waals surface area contributed by atoms with Crippen molar-refractivity contribution in [3.63, 3.8) is 0 Å². The molecule has 8 aromatic rings. The lowest BCUT2D eigenvalue weighted by molar-refractivity contribution is 0.661. The summed E-state index contributed by atoms with van der Waals surface area (Å²) in [7, 11) is 0. The molecule has 0 bridgehead atoms. The lowest BCUT2D eigenvalue weighted by Crippen LogP contribution is -2.14. The zero-order chi connectivity index (χ0) is 31.0. The average Bonchev–Trinajstić information content (AvgIpc) is 3.73. The van der Waals surface area contributed by atoms with Gasteiger partial charge in [0.05, 0.1) is 5.52 Å². The molecule has 0 amide bonds. The Morgan fingerprint density at radius 1 is 0.652 bits per heavy atom. The Hall–Kier alpha value is -5.18. The molecule has 46 heavy (non-hydrogen) atoms. The molecular formula is C44H33NS. The number of fused-ring (bicyclic) bond motifs is 8. The van der Waals surface area contributed by atoms with E-state index >= 15 is 0 Å². The van der Waals surface area contributed by atoms with Crippen molar-refractivity contribution in [3.05, 3.63) is 162 Å². The molecule has 0 radical (unpaired) electrons. The molecule has 0 saturated heterocycles. The lowest BCUT2D eigenvalue weighted by Gasteiger charge is -2.21. The van der Waals surface area contributed by atoms with Crippen molar-refractivity contribution < 1.29 is 0 Å². The minimum Gasteiger partial charge on any atom is -0.316 e. The van der Waals surface area contributed by atoms with Crippen molar-refractivity contribution >= 4 is 54.1 Å². The van der Waals surface area contributed by atoms with Gasteiger partial charge in [0.25, 0.3) is 0 Å². The molecule has 0 unspecified atom stereocenters. The molecule has 0 N–H and O–H groups in total. The highest BCUT2D eigenvalue weighted by Gasteiger charge is 2.37. The van der Waals surface area contributed by atoms with Crippen LogP contribution in [0.3, 0.4) is 0 Å². The monoisotopic (exact) mass is 607 g/mol. The van der Waals surface area contributed by atoms with E-state index in [1.807, 2.05) is 11.3 Å². The van der Waals surface area contributed by atoms with Gasteiger partial charge in [0.1, 0.15) is 0 Å². The van der Waals surface area contributed by atoms with Gasteiger partial charge in [-0.25, -0.2) is 0 Å². The Labute approximate surface area is 273 Å². The van der Waals surface area contributed by atoms with Gasteiger partial charge < -0.3 is 4.57 Å². The molecule has 1 aliphatic rings. The van der Waals surface area contributed by atoms with Crippen LogP contribution in [0.4, 0.5) is 0 Å². The number of hydrogen-bond acceptors (Lipinski definition) is 1. The van der Waals surface area contributed by atoms with Gasteiger partial charge in [0.15, 0.2) is 0 Å². The fourth-order valence-electron chi connectivity index (χ4n) is 7.56. The molecule has 2 heteroatoms. The smallest absolute Gasteiger partial charge is 0.0535 e. The number of allylic oxidation sites excluding steroid dienone is 1. The fraction of sp³-hybridized carbons (Fsp3) is 0.0909. The Kier molecular flexibility index (Phi) is 6.00. The van der Waals surface area contributed by atoms with E-state index in [-0.39, 0.29) is 5.41 Å². The topological polar surface area (TPSA) is 4.93 Å². The highest BCUT2D eigenvalue weighted by molar-refractivity contribution is 7.26. The van der Waals surface area contributed by atoms with E-state index in [9.17, 15) is 0 Å². The summed E-state index contributed by atoms with van der Waals surface area (Å²) in [6.07, 6.45) is 4.67. The number of para-hydroxylation sites is 1. The summed E-state index contributed by atoms with van der Waals surface area (Å²) in [5, 5.41) is 3.97. The van der Waals surface area contributed by atoms with Crippen molar-refractivity contribution in [1.29, 1.82) is 0 Å². The predicted molar refractivity (Wildman–Crippen MR) is 199 cm³/mol. The standard InChI is InChI=1S/C44H33NS/c1-28(24-32-27-45(33-14-8-5-9-15-33)40-23-19-31(26-36(32)40)29-12-6-4-7-13-29)30-18-21-38-37(25-30)42-39(44(38,2)3)22-20-35-34-16-10-11-17-41(34)46-43(35)42/h4-27H,1-3H3/b28-24+. The Balaban J connectivity index is 1.22. The van der Waals surface area contributed by atoms with Gasteiger partial charge in [-0.15, -0.1) is 11.3 Å². The maximum absolute atomic E-state index is 2.45. The summed E-state index contributed by atoms with van der Waals surface area (Å²) in [4.78, 5) is 0. The minimum absolute atomic E-state index is 0.0396. The maximum atomic E-state index is 2.45. The molecule has 220 valence electrons. The van der Waals surface area contributed by atoms with Crippen LogP contribution in [0.1, 0.15) is 43.0 Å². The van der Waals surface area contributed by atoms with Crippen LogP contribution >= 0.6 is 11.3 Å². The first-order chi connectivity index (χ1) is 22.5. The SMILES string of the molecule is C/C(=C\c1cn(-c2ccccc2)c2ccc(-c3ccccc3)cc12)c1ccc2c(c1)-c1c(ccc3c1sc1ccccc13)C2(C)C. The lowest BCUT2D eigenvalue weighted by atomic mass is 9.82. The summed E-state index contributed by atoms with van der Waals surface area (Å²) < 4.78 is 5.08. The molecule has 0 saturated carbocycles. The van der Waals surface area contributed by atoms with Crippen LogP contribution in [0.2, 0.25) is 0 Å². The molecular weight excluding hydrogens is 575 g/mol. The molecule has 6 aromatic carbocycles. The quantitative estimate of drug-likeness (QED) is 0.188. The molecule has 0 fully saturated rings. The van der Waals surface area contributed by atoms with Crippen LogP contribution in [-0.2, 0) is 5.41 Å². The molecule has 2 aromatic heterocycles. The first-order valence-corrected chi connectivity index (χ1v) is 16.8. The Morgan fingerprint density at radius 2 is 1.39 bits per heavy atom. The average molecular weight is 608 g/mol. The summed E-state index contributed by atoms with van der Waals surface area (Å²) in [6.45, 7) is 7.01. The van der Waals surface area contributed by atoms with Gasteiger partial charge in [-0.3, -0.25) is 0 Å². The normalized spacial score (nSPS) is 13.8. The van der Waals surface area contributed by atoms with Gasteiger partial charge in [-0.1, -0.05) is 111 Å². The number of benzene rings is 6. The second-order valence-electron chi connectivity index (χ2n) is 13.1. The first-order valence-electron chi connectivity index (χ1n) is 16.0. The van der Waals surface area contributed by atoms with Crippen molar-refractivity contribution in [2.75, 3.05) is 0 Å². The summed E-state index contributed by atoms with van der Waals surface area (Å²) >= 11 is 1.93. The summed E-state index contributed by atoms with van der Waals surface area (Å²) in [6, 6.07) is 48.9. The molecule has 9 rings (SSSR count). The van der Waals surface area contributed by atoms with Gasteiger partial charge >= 0.3 is 0 Å². The zero-order valence-electron chi connectivity index (χ0n) is 26.2. The van der Waals surface area contributed by atoms with E-state index in [1.165, 1.54) is 86.8 Å². The number of thiophene rings is 1. The van der Waals surface area contributed by atoms with Crippen molar-refractivity contribution in [1.82, 2.24) is 4.57 Å². The van der Waals surface area contributed by atoms with E-state index in [0.717, 1.165) is 0 Å². The van der Waals surface area contributed by atoms with Crippen LogP contribution < -0.4 is 0 Å². The van der Waals surface area contributed by atoms with Crippen LogP contribution in [0, 0.1) is 0 Å². The highest BCUT2D eigenvalue weighted by Crippen LogP contribution is 2.54. The van der Waals surface area contributed by atoms with Crippen molar-refractivity contribution in [2.24, 2.45) is 0 Å². The van der Waals surface area contributed by atoms with Crippen LogP contribution in [0.5, 0.6) is 0 Å². The third kappa shape index (κ3) is 4.07. The van der Waals surface area contributed by atoms with E-state index in [1.54, 1.807) is 0 Å².